The number of anilines is 1. The second-order valence-corrected chi connectivity index (χ2v) is 5.32. The van der Waals surface area contributed by atoms with Gasteiger partial charge >= 0.3 is 12.2 Å². The Bertz CT molecular complexity index is 619. The SMILES string of the molecule is CC=COC1(C(F)(F)F)CN(C)C(=O)Nc2ccc(Cl)cc21. The molecule has 2 amide bonds. The van der Waals surface area contributed by atoms with Gasteiger partial charge in [0.1, 0.15) is 0 Å². The van der Waals surface area contributed by atoms with Crippen LogP contribution in [0.5, 0.6) is 0 Å². The smallest absolute Gasteiger partial charge is 0.434 e. The van der Waals surface area contributed by atoms with Gasteiger partial charge in [-0.15, -0.1) is 0 Å². The number of halogens is 4. The third-order valence-electron chi connectivity index (χ3n) is 3.33. The fourth-order valence-electron chi connectivity index (χ4n) is 2.26. The summed E-state index contributed by atoms with van der Waals surface area (Å²) in [6.07, 6.45) is -2.45. The molecule has 120 valence electrons. The maximum atomic E-state index is 13.8. The van der Waals surface area contributed by atoms with Crippen LogP contribution in [0, 0.1) is 0 Å². The number of nitrogens with one attached hydrogen (secondary N) is 1. The average molecular weight is 335 g/mol. The van der Waals surface area contributed by atoms with E-state index in [-0.39, 0.29) is 16.3 Å². The van der Waals surface area contributed by atoms with E-state index in [0.29, 0.717) is 0 Å². The molecule has 8 heteroatoms. The monoisotopic (exact) mass is 334 g/mol. The Morgan fingerprint density at radius 1 is 1.45 bits per heavy atom. The van der Waals surface area contributed by atoms with Crippen molar-refractivity contribution >= 4 is 23.3 Å². The van der Waals surface area contributed by atoms with Crippen molar-refractivity contribution in [3.05, 3.63) is 41.1 Å². The Balaban J connectivity index is 2.73. The summed E-state index contributed by atoms with van der Waals surface area (Å²) in [5.74, 6) is 0. The summed E-state index contributed by atoms with van der Waals surface area (Å²) < 4.78 is 46.6. The minimum atomic E-state index is -4.76. The van der Waals surface area contributed by atoms with E-state index in [1.165, 1.54) is 32.2 Å². The molecule has 4 nitrogen and oxygen atoms in total. The highest BCUT2D eigenvalue weighted by Crippen LogP contribution is 2.47. The van der Waals surface area contributed by atoms with Gasteiger partial charge in [0.15, 0.2) is 0 Å². The molecule has 0 saturated heterocycles. The number of amides is 2. The predicted molar refractivity (Wildman–Crippen MR) is 76.7 cm³/mol. The molecule has 0 saturated carbocycles. The van der Waals surface area contributed by atoms with Crippen molar-refractivity contribution in [2.75, 3.05) is 18.9 Å². The molecule has 0 fully saturated rings. The van der Waals surface area contributed by atoms with E-state index >= 15 is 0 Å². The van der Waals surface area contributed by atoms with Gasteiger partial charge in [-0.05, 0) is 25.1 Å². The molecule has 22 heavy (non-hydrogen) atoms. The van der Waals surface area contributed by atoms with E-state index in [1.807, 2.05) is 0 Å². The van der Waals surface area contributed by atoms with E-state index in [0.717, 1.165) is 17.2 Å². The van der Waals surface area contributed by atoms with Gasteiger partial charge in [-0.1, -0.05) is 17.7 Å². The van der Waals surface area contributed by atoms with Crippen molar-refractivity contribution in [1.82, 2.24) is 4.90 Å². The van der Waals surface area contributed by atoms with Crippen molar-refractivity contribution in [3.8, 4) is 0 Å². The average Bonchev–Trinajstić information content (AvgIpc) is 2.53. The van der Waals surface area contributed by atoms with Gasteiger partial charge in [0.05, 0.1) is 18.5 Å². The lowest BCUT2D eigenvalue weighted by molar-refractivity contribution is -0.270. The summed E-state index contributed by atoms with van der Waals surface area (Å²) in [6, 6.07) is 3.24. The fraction of sp³-hybridized carbons (Fsp3) is 0.357. The van der Waals surface area contributed by atoms with Gasteiger partial charge in [-0.3, -0.25) is 0 Å². The molecule has 1 aliphatic rings. The number of carbonyl (C=O) groups is 1. The molecule has 1 unspecified atom stereocenters. The molecule has 1 aromatic carbocycles. The number of benzene rings is 1. The molecule has 1 aliphatic heterocycles. The summed E-state index contributed by atoms with van der Waals surface area (Å²) in [5.41, 5.74) is -2.92. The largest absolute Gasteiger partial charge is 0.479 e. The molecule has 2 rings (SSSR count). The van der Waals surface area contributed by atoms with Gasteiger partial charge in [-0.2, -0.15) is 13.2 Å². The summed E-state index contributed by atoms with van der Waals surface area (Å²) in [4.78, 5) is 12.8. The van der Waals surface area contributed by atoms with Crippen LogP contribution in [0.25, 0.3) is 0 Å². The zero-order chi connectivity index (χ0) is 16.5. The molecule has 0 spiro atoms. The maximum absolute atomic E-state index is 13.8. The van der Waals surface area contributed by atoms with Gasteiger partial charge in [0.2, 0.25) is 5.60 Å². The van der Waals surface area contributed by atoms with Gasteiger partial charge in [0.25, 0.3) is 0 Å². The number of fused-ring (bicyclic) bond motifs is 1. The van der Waals surface area contributed by atoms with Crippen LogP contribution in [0.4, 0.5) is 23.7 Å². The second kappa shape index (κ2) is 5.72. The first-order chi connectivity index (χ1) is 10.2. The molecule has 0 bridgehead atoms. The van der Waals surface area contributed by atoms with Crippen molar-refractivity contribution in [3.63, 3.8) is 0 Å². The first-order valence-electron chi connectivity index (χ1n) is 6.39. The zero-order valence-corrected chi connectivity index (χ0v) is 12.6. The van der Waals surface area contributed by atoms with Crippen LogP contribution < -0.4 is 5.32 Å². The quantitative estimate of drug-likeness (QED) is 0.826. The Morgan fingerprint density at radius 2 is 2.14 bits per heavy atom. The minimum absolute atomic E-state index is 0.0144. The third-order valence-corrected chi connectivity index (χ3v) is 3.56. The summed E-state index contributed by atoms with van der Waals surface area (Å²) in [7, 11) is 1.27. The number of urea groups is 1. The number of hydrogen-bond donors (Lipinski definition) is 1. The number of nitrogens with zero attached hydrogens (tertiary/aromatic N) is 1. The highest BCUT2D eigenvalue weighted by molar-refractivity contribution is 6.30. The van der Waals surface area contributed by atoms with Crippen LogP contribution in [-0.2, 0) is 10.3 Å². The Morgan fingerprint density at radius 3 is 2.73 bits per heavy atom. The van der Waals surface area contributed by atoms with Crippen LogP contribution in [0.15, 0.2) is 30.5 Å². The van der Waals surface area contributed by atoms with E-state index < -0.39 is 24.4 Å². The molecular weight excluding hydrogens is 321 g/mol. The van der Waals surface area contributed by atoms with E-state index in [9.17, 15) is 18.0 Å². The first kappa shape index (κ1) is 16.5. The summed E-state index contributed by atoms with van der Waals surface area (Å²) in [5, 5.41) is 2.55. The normalized spacial score (nSPS) is 22.3. The van der Waals surface area contributed by atoms with Crippen molar-refractivity contribution in [2.24, 2.45) is 0 Å². The van der Waals surface area contributed by atoms with Gasteiger partial charge < -0.3 is 15.0 Å². The third kappa shape index (κ3) is 2.72. The number of alkyl halides is 3. The summed E-state index contributed by atoms with van der Waals surface area (Å²) >= 11 is 5.85. The van der Waals surface area contributed by atoms with Crippen molar-refractivity contribution < 1.29 is 22.7 Å². The van der Waals surface area contributed by atoms with E-state index in [4.69, 9.17) is 16.3 Å². The number of carbonyl (C=O) groups excluding carboxylic acids is 1. The lowest BCUT2D eigenvalue weighted by Gasteiger charge is -2.36. The van der Waals surface area contributed by atoms with E-state index in [2.05, 4.69) is 5.32 Å². The van der Waals surface area contributed by atoms with Crippen LogP contribution in [-0.4, -0.2) is 30.7 Å². The van der Waals surface area contributed by atoms with Crippen LogP contribution >= 0.6 is 11.6 Å². The van der Waals surface area contributed by atoms with Crippen LogP contribution in [0.3, 0.4) is 0 Å². The number of ether oxygens (including phenoxy) is 1. The molecule has 0 aliphatic carbocycles. The van der Waals surface area contributed by atoms with Crippen LogP contribution in [0.1, 0.15) is 12.5 Å². The number of hydrogen-bond acceptors (Lipinski definition) is 2. The molecule has 1 aromatic rings. The Hall–Kier alpha value is -1.89. The molecule has 1 N–H and O–H groups in total. The van der Waals surface area contributed by atoms with Crippen molar-refractivity contribution in [1.29, 1.82) is 0 Å². The molecule has 0 aromatic heterocycles. The minimum Gasteiger partial charge on any atom is -0.479 e. The zero-order valence-electron chi connectivity index (χ0n) is 11.9. The molecule has 1 heterocycles. The van der Waals surface area contributed by atoms with Crippen molar-refractivity contribution in [2.45, 2.75) is 18.7 Å². The molecular formula is C14H14ClF3N2O2. The molecule has 0 radical (unpaired) electrons. The van der Waals surface area contributed by atoms with E-state index in [1.54, 1.807) is 0 Å². The predicted octanol–water partition coefficient (Wildman–Crippen LogP) is 4.13. The number of allylic oxidation sites excluding steroid dienone is 1. The highest BCUT2D eigenvalue weighted by atomic mass is 35.5. The highest BCUT2D eigenvalue weighted by Gasteiger charge is 2.61. The van der Waals surface area contributed by atoms with Gasteiger partial charge in [-0.25, -0.2) is 4.79 Å². The lowest BCUT2D eigenvalue weighted by atomic mass is 9.91. The molecule has 1 atom stereocenters. The number of likely N-dealkylation sites (N-methyl/N-ethyl adjacent to an activating group) is 1. The number of rotatable bonds is 2. The maximum Gasteiger partial charge on any atom is 0.434 e. The Kier molecular flexibility index (Phi) is 4.28. The second-order valence-electron chi connectivity index (χ2n) is 4.89. The first-order valence-corrected chi connectivity index (χ1v) is 6.77. The lowest BCUT2D eigenvalue weighted by Crippen LogP contribution is -2.51. The van der Waals surface area contributed by atoms with Gasteiger partial charge in [0, 0.05) is 17.6 Å². The standard InChI is InChI=1S/C14H14ClF3N2O2/c1-3-6-22-13(14(16,17)18)8-20(2)12(21)19-11-5-4-9(15)7-10(11)13/h3-7H,8H2,1-2H3,(H,19,21). The topological polar surface area (TPSA) is 41.6 Å². The van der Waals surface area contributed by atoms with Crippen LogP contribution in [0.2, 0.25) is 5.02 Å². The fourth-order valence-corrected chi connectivity index (χ4v) is 2.43. The summed E-state index contributed by atoms with van der Waals surface area (Å²) in [6.45, 7) is 0.840. The Labute approximate surface area is 130 Å².